The molecule has 0 amide bonds. The second kappa shape index (κ2) is 6.01. The van der Waals surface area contributed by atoms with Gasteiger partial charge in [0.25, 0.3) is 5.92 Å². The van der Waals surface area contributed by atoms with E-state index in [0.717, 1.165) is 11.2 Å². The zero-order valence-electron chi connectivity index (χ0n) is 14.3. The zero-order valence-corrected chi connectivity index (χ0v) is 14.3. The Kier molecular flexibility index (Phi) is 3.79. The summed E-state index contributed by atoms with van der Waals surface area (Å²) >= 11 is 0. The van der Waals surface area contributed by atoms with Crippen LogP contribution in [0.5, 0.6) is 0 Å². The monoisotopic (exact) mass is 353 g/mol. The first-order valence-electron chi connectivity index (χ1n) is 8.30. The van der Waals surface area contributed by atoms with Crippen LogP contribution in [0.2, 0.25) is 0 Å². The lowest BCUT2D eigenvalue weighted by Gasteiger charge is -2.21. The third-order valence-electron chi connectivity index (χ3n) is 4.39. The summed E-state index contributed by atoms with van der Waals surface area (Å²) in [5.41, 5.74) is 2.08. The number of alkyl halides is 2. The van der Waals surface area contributed by atoms with Crippen LogP contribution in [0, 0.1) is 5.92 Å². The minimum atomic E-state index is -2.99. The number of nitrogens with one attached hydrogen (secondary N) is 2. The molecule has 0 unspecified atom stereocenters. The average Bonchev–Trinajstić information content (AvgIpc) is 3.04. The summed E-state index contributed by atoms with van der Waals surface area (Å²) in [6.45, 7) is 2.98. The van der Waals surface area contributed by atoms with E-state index in [9.17, 15) is 8.78 Å². The molecule has 0 spiro atoms. The van der Waals surface area contributed by atoms with E-state index in [1.165, 1.54) is 20.0 Å². The van der Waals surface area contributed by atoms with Gasteiger partial charge in [0.2, 0.25) is 0 Å². The van der Waals surface area contributed by atoms with E-state index in [-0.39, 0.29) is 5.69 Å². The van der Waals surface area contributed by atoms with Crippen LogP contribution < -0.4 is 5.32 Å². The van der Waals surface area contributed by atoms with Crippen LogP contribution in [0.4, 0.5) is 20.3 Å². The van der Waals surface area contributed by atoms with Gasteiger partial charge in [-0.1, -0.05) is 19.9 Å². The molecular formula is C19H17F2N5. The van der Waals surface area contributed by atoms with Crippen molar-refractivity contribution in [3.8, 4) is 0 Å². The molecule has 1 aromatic carbocycles. The lowest BCUT2D eigenvalue weighted by atomic mass is 9.97. The maximum Gasteiger partial charge on any atom is 0.292 e. The van der Waals surface area contributed by atoms with E-state index in [1.807, 2.05) is 12.1 Å². The molecule has 2 N–H and O–H groups in total. The molecule has 0 fully saturated rings. The number of H-pyrrole nitrogens is 1. The van der Waals surface area contributed by atoms with Gasteiger partial charge in [-0.05, 0) is 35.7 Å². The van der Waals surface area contributed by atoms with Crippen molar-refractivity contribution in [2.75, 3.05) is 5.32 Å². The summed E-state index contributed by atoms with van der Waals surface area (Å²) in [4.78, 5) is 8.25. The fraction of sp³-hybridized carbons (Fsp3) is 0.211. The fourth-order valence-electron chi connectivity index (χ4n) is 2.87. The van der Waals surface area contributed by atoms with E-state index in [0.29, 0.717) is 22.1 Å². The second-order valence-electron chi connectivity index (χ2n) is 6.47. The molecule has 4 rings (SSSR count). The standard InChI is InChI=1S/C19H17F2N5/c1-11(2)19(20,21)17-14-6-5-13(10-12(14)7-9-23-17)24-18-16-15(25-26-18)4-3-8-22-16/h3-11H,1-2H3,(H2,24,25,26). The number of aromatic nitrogens is 4. The van der Waals surface area contributed by atoms with E-state index < -0.39 is 11.8 Å². The Hall–Kier alpha value is -3.09. The SMILES string of the molecule is CC(C)C(F)(F)c1nccc2cc(Nc3n[nH]c4cccnc34)ccc12. The summed E-state index contributed by atoms with van der Waals surface area (Å²) in [5, 5.41) is 11.4. The van der Waals surface area contributed by atoms with Crippen molar-refractivity contribution in [3.05, 3.63) is 54.5 Å². The van der Waals surface area contributed by atoms with Gasteiger partial charge in [0, 0.05) is 29.4 Å². The molecule has 4 aromatic rings. The molecule has 0 aliphatic heterocycles. The minimum Gasteiger partial charge on any atom is -0.337 e. The topological polar surface area (TPSA) is 66.5 Å². The number of rotatable bonds is 4. The largest absolute Gasteiger partial charge is 0.337 e. The Morgan fingerprint density at radius 1 is 1.08 bits per heavy atom. The van der Waals surface area contributed by atoms with E-state index in [4.69, 9.17) is 0 Å². The Labute approximate surface area is 148 Å². The minimum absolute atomic E-state index is 0.191. The number of pyridine rings is 2. The molecule has 0 saturated heterocycles. The smallest absolute Gasteiger partial charge is 0.292 e. The van der Waals surface area contributed by atoms with Crippen molar-refractivity contribution in [3.63, 3.8) is 0 Å². The normalized spacial score (nSPS) is 12.2. The van der Waals surface area contributed by atoms with Gasteiger partial charge < -0.3 is 5.32 Å². The van der Waals surface area contributed by atoms with Gasteiger partial charge in [0.1, 0.15) is 11.2 Å². The van der Waals surface area contributed by atoms with Gasteiger partial charge in [0.05, 0.1) is 5.52 Å². The molecule has 5 nitrogen and oxygen atoms in total. The summed E-state index contributed by atoms with van der Waals surface area (Å²) < 4.78 is 29.0. The first-order valence-corrected chi connectivity index (χ1v) is 8.30. The maximum absolute atomic E-state index is 14.5. The predicted molar refractivity (Wildman–Crippen MR) is 97.6 cm³/mol. The number of hydrogen-bond donors (Lipinski definition) is 2. The number of nitrogens with zero attached hydrogens (tertiary/aromatic N) is 3. The third kappa shape index (κ3) is 2.65. The number of benzene rings is 1. The third-order valence-corrected chi connectivity index (χ3v) is 4.39. The Morgan fingerprint density at radius 2 is 1.92 bits per heavy atom. The van der Waals surface area contributed by atoms with Crippen LogP contribution in [0.25, 0.3) is 21.8 Å². The van der Waals surface area contributed by atoms with Crippen molar-refractivity contribution in [2.45, 2.75) is 19.8 Å². The molecule has 7 heteroatoms. The first-order chi connectivity index (χ1) is 12.5. The number of fused-ring (bicyclic) bond motifs is 2. The van der Waals surface area contributed by atoms with Crippen molar-refractivity contribution >= 4 is 33.3 Å². The molecule has 0 aliphatic rings. The number of hydrogen-bond acceptors (Lipinski definition) is 4. The van der Waals surface area contributed by atoms with E-state index >= 15 is 0 Å². The quantitative estimate of drug-likeness (QED) is 0.542. The highest BCUT2D eigenvalue weighted by Gasteiger charge is 2.38. The summed E-state index contributed by atoms with van der Waals surface area (Å²) in [5.74, 6) is -3.24. The molecule has 0 aliphatic carbocycles. The fourth-order valence-corrected chi connectivity index (χ4v) is 2.87. The molecule has 0 atom stereocenters. The van der Waals surface area contributed by atoms with Crippen molar-refractivity contribution in [2.24, 2.45) is 5.92 Å². The molecule has 3 heterocycles. The van der Waals surface area contributed by atoms with E-state index in [1.54, 1.807) is 30.5 Å². The molecule has 132 valence electrons. The Bertz CT molecular complexity index is 1090. The molecule has 26 heavy (non-hydrogen) atoms. The summed E-state index contributed by atoms with van der Waals surface area (Å²) in [6.07, 6.45) is 3.11. The molecule has 0 radical (unpaired) electrons. The molecule has 0 bridgehead atoms. The van der Waals surface area contributed by atoms with Crippen LogP contribution in [0.1, 0.15) is 19.5 Å². The van der Waals surface area contributed by atoms with Gasteiger partial charge >= 0.3 is 0 Å². The summed E-state index contributed by atoms with van der Waals surface area (Å²) in [6, 6.07) is 10.6. The lowest BCUT2D eigenvalue weighted by Crippen LogP contribution is -2.22. The van der Waals surface area contributed by atoms with Crippen LogP contribution in [0.3, 0.4) is 0 Å². The predicted octanol–water partition coefficient (Wildman–Crippen LogP) is 5.00. The van der Waals surface area contributed by atoms with Crippen molar-refractivity contribution in [1.82, 2.24) is 20.2 Å². The lowest BCUT2D eigenvalue weighted by molar-refractivity contribution is -0.0538. The van der Waals surface area contributed by atoms with Gasteiger partial charge in [-0.2, -0.15) is 13.9 Å². The molecule has 0 saturated carbocycles. The van der Waals surface area contributed by atoms with Gasteiger partial charge in [0.15, 0.2) is 5.82 Å². The first kappa shape index (κ1) is 16.4. The maximum atomic E-state index is 14.5. The second-order valence-corrected chi connectivity index (χ2v) is 6.47. The van der Waals surface area contributed by atoms with Crippen LogP contribution >= 0.6 is 0 Å². The summed E-state index contributed by atoms with van der Waals surface area (Å²) in [7, 11) is 0. The highest BCUT2D eigenvalue weighted by atomic mass is 19.3. The van der Waals surface area contributed by atoms with Crippen LogP contribution in [0.15, 0.2) is 48.8 Å². The van der Waals surface area contributed by atoms with Gasteiger partial charge in [-0.25, -0.2) is 0 Å². The van der Waals surface area contributed by atoms with Crippen LogP contribution in [-0.2, 0) is 5.92 Å². The Balaban J connectivity index is 1.75. The number of halogens is 2. The number of aromatic amines is 1. The molecule has 3 aromatic heterocycles. The van der Waals surface area contributed by atoms with E-state index in [2.05, 4.69) is 25.5 Å². The number of anilines is 2. The van der Waals surface area contributed by atoms with Gasteiger partial charge in [-0.3, -0.25) is 15.1 Å². The zero-order chi connectivity index (χ0) is 18.3. The van der Waals surface area contributed by atoms with Crippen LogP contribution in [-0.4, -0.2) is 20.2 Å². The highest BCUT2D eigenvalue weighted by molar-refractivity contribution is 5.91. The van der Waals surface area contributed by atoms with Gasteiger partial charge in [-0.15, -0.1) is 0 Å². The Morgan fingerprint density at radius 3 is 2.73 bits per heavy atom. The highest BCUT2D eigenvalue weighted by Crippen LogP contribution is 2.38. The van der Waals surface area contributed by atoms with Crippen molar-refractivity contribution in [1.29, 1.82) is 0 Å². The molecular weight excluding hydrogens is 336 g/mol. The van der Waals surface area contributed by atoms with Crippen molar-refractivity contribution < 1.29 is 8.78 Å². The average molecular weight is 353 g/mol.